The topological polar surface area (TPSA) is 87.3 Å². The van der Waals surface area contributed by atoms with Crippen LogP contribution < -0.4 is 15.4 Å². The molecule has 3 N–H and O–H groups in total. The SMILES string of the molecule is CS(=O)(=O)NCCCNC(=O)CC1CCNCC1. The fourth-order valence-electron chi connectivity index (χ4n) is 1.99. The van der Waals surface area contributed by atoms with Crippen molar-refractivity contribution >= 4 is 15.9 Å². The molecule has 106 valence electrons. The maximum absolute atomic E-state index is 11.6. The lowest BCUT2D eigenvalue weighted by Gasteiger charge is -2.21. The summed E-state index contributed by atoms with van der Waals surface area (Å²) in [4.78, 5) is 11.6. The van der Waals surface area contributed by atoms with E-state index in [1.807, 2.05) is 0 Å². The molecule has 0 aromatic rings. The molecule has 18 heavy (non-hydrogen) atoms. The summed E-state index contributed by atoms with van der Waals surface area (Å²) in [7, 11) is -3.12. The average Bonchev–Trinajstić information content (AvgIpc) is 2.28. The van der Waals surface area contributed by atoms with Gasteiger partial charge in [-0.3, -0.25) is 4.79 Å². The molecule has 0 aromatic carbocycles. The molecule has 0 aliphatic carbocycles. The molecule has 0 aromatic heterocycles. The quantitative estimate of drug-likeness (QED) is 0.544. The second-order valence-electron chi connectivity index (χ2n) is 4.77. The van der Waals surface area contributed by atoms with E-state index >= 15 is 0 Å². The van der Waals surface area contributed by atoms with Crippen molar-refractivity contribution in [3.05, 3.63) is 0 Å². The van der Waals surface area contributed by atoms with E-state index in [9.17, 15) is 13.2 Å². The third-order valence-electron chi connectivity index (χ3n) is 2.97. The lowest BCUT2D eigenvalue weighted by molar-refractivity contribution is -0.122. The fourth-order valence-corrected chi connectivity index (χ4v) is 2.51. The Hall–Kier alpha value is -0.660. The van der Waals surface area contributed by atoms with Gasteiger partial charge in [-0.2, -0.15) is 0 Å². The van der Waals surface area contributed by atoms with Crippen LogP contribution >= 0.6 is 0 Å². The summed E-state index contributed by atoms with van der Waals surface area (Å²) < 4.78 is 24.0. The van der Waals surface area contributed by atoms with Crippen LogP contribution in [0, 0.1) is 5.92 Å². The van der Waals surface area contributed by atoms with Crippen molar-refractivity contribution in [2.45, 2.75) is 25.7 Å². The molecule has 6 nitrogen and oxygen atoms in total. The summed E-state index contributed by atoms with van der Waals surface area (Å²) >= 11 is 0. The van der Waals surface area contributed by atoms with E-state index in [0.717, 1.165) is 32.2 Å². The summed E-state index contributed by atoms with van der Waals surface area (Å²) in [6.07, 6.45) is 4.45. The van der Waals surface area contributed by atoms with Gasteiger partial charge < -0.3 is 10.6 Å². The molecule has 0 bridgehead atoms. The second kappa shape index (κ2) is 7.70. The molecule has 0 saturated carbocycles. The molecule has 1 fully saturated rings. The first-order valence-electron chi connectivity index (χ1n) is 6.39. The van der Waals surface area contributed by atoms with Crippen LogP contribution in [0.2, 0.25) is 0 Å². The van der Waals surface area contributed by atoms with Gasteiger partial charge in [0.1, 0.15) is 0 Å². The number of rotatable bonds is 7. The molecule has 1 aliphatic heterocycles. The van der Waals surface area contributed by atoms with Gasteiger partial charge in [-0.25, -0.2) is 13.1 Å². The minimum absolute atomic E-state index is 0.0706. The van der Waals surface area contributed by atoms with E-state index < -0.39 is 10.0 Å². The zero-order chi connectivity index (χ0) is 13.4. The smallest absolute Gasteiger partial charge is 0.220 e. The van der Waals surface area contributed by atoms with Gasteiger partial charge in [0.15, 0.2) is 0 Å². The first kappa shape index (κ1) is 15.4. The molecule has 1 heterocycles. The molecule has 7 heteroatoms. The van der Waals surface area contributed by atoms with Crippen molar-refractivity contribution < 1.29 is 13.2 Å². The van der Waals surface area contributed by atoms with Gasteiger partial charge in [-0.05, 0) is 38.3 Å². The van der Waals surface area contributed by atoms with Crippen molar-refractivity contribution in [3.63, 3.8) is 0 Å². The molecular formula is C11H23N3O3S. The summed E-state index contributed by atoms with van der Waals surface area (Å²) in [5.41, 5.74) is 0. The minimum Gasteiger partial charge on any atom is -0.356 e. The Balaban J connectivity index is 2.03. The predicted octanol–water partition coefficient (Wildman–Crippen LogP) is -0.568. The van der Waals surface area contributed by atoms with Crippen molar-refractivity contribution in [1.82, 2.24) is 15.4 Å². The number of amides is 1. The zero-order valence-corrected chi connectivity index (χ0v) is 11.7. The monoisotopic (exact) mass is 277 g/mol. The van der Waals surface area contributed by atoms with Gasteiger partial charge in [0, 0.05) is 19.5 Å². The van der Waals surface area contributed by atoms with Gasteiger partial charge in [-0.1, -0.05) is 0 Å². The molecular weight excluding hydrogens is 254 g/mol. The molecule has 0 radical (unpaired) electrons. The Kier molecular flexibility index (Phi) is 6.59. The highest BCUT2D eigenvalue weighted by molar-refractivity contribution is 7.88. The third-order valence-corrected chi connectivity index (χ3v) is 3.70. The fraction of sp³-hybridized carbons (Fsp3) is 0.909. The standard InChI is InChI=1S/C11H23N3O3S/c1-18(16,17)14-6-2-5-13-11(15)9-10-3-7-12-8-4-10/h10,12,14H,2-9H2,1H3,(H,13,15). The third kappa shape index (κ3) is 7.62. The molecule has 1 aliphatic rings. The van der Waals surface area contributed by atoms with E-state index in [0.29, 0.717) is 31.8 Å². The number of hydrogen-bond acceptors (Lipinski definition) is 4. The van der Waals surface area contributed by atoms with Crippen LogP contribution in [0.5, 0.6) is 0 Å². The molecule has 1 saturated heterocycles. The lowest BCUT2D eigenvalue weighted by atomic mass is 9.94. The maximum Gasteiger partial charge on any atom is 0.220 e. The van der Waals surface area contributed by atoms with Crippen LogP contribution in [0.1, 0.15) is 25.7 Å². The van der Waals surface area contributed by atoms with Gasteiger partial charge in [0.25, 0.3) is 0 Å². The van der Waals surface area contributed by atoms with Crippen molar-refractivity contribution in [1.29, 1.82) is 0 Å². The lowest BCUT2D eigenvalue weighted by Crippen LogP contribution is -2.33. The van der Waals surface area contributed by atoms with E-state index in [1.165, 1.54) is 0 Å². The zero-order valence-electron chi connectivity index (χ0n) is 10.9. The Morgan fingerprint density at radius 3 is 2.56 bits per heavy atom. The Bertz CT molecular complexity index is 351. The number of piperidine rings is 1. The number of carbonyl (C=O) groups is 1. The summed E-state index contributed by atoms with van der Waals surface area (Å²) in [5, 5.41) is 6.09. The minimum atomic E-state index is -3.12. The summed E-state index contributed by atoms with van der Waals surface area (Å²) in [6, 6.07) is 0. The average molecular weight is 277 g/mol. The van der Waals surface area contributed by atoms with E-state index in [4.69, 9.17) is 0 Å². The van der Waals surface area contributed by atoms with Crippen LogP contribution in [-0.2, 0) is 14.8 Å². The van der Waals surface area contributed by atoms with Crippen LogP contribution in [0.3, 0.4) is 0 Å². The number of hydrogen-bond donors (Lipinski definition) is 3. The first-order valence-corrected chi connectivity index (χ1v) is 8.28. The van der Waals surface area contributed by atoms with E-state index in [1.54, 1.807) is 0 Å². The van der Waals surface area contributed by atoms with Crippen molar-refractivity contribution in [2.24, 2.45) is 5.92 Å². The normalized spacial score (nSPS) is 17.6. The van der Waals surface area contributed by atoms with Crippen LogP contribution in [0.15, 0.2) is 0 Å². The summed E-state index contributed by atoms with van der Waals surface area (Å²) in [5.74, 6) is 0.557. The van der Waals surface area contributed by atoms with Crippen LogP contribution in [0.25, 0.3) is 0 Å². The maximum atomic E-state index is 11.6. The highest BCUT2D eigenvalue weighted by Gasteiger charge is 2.16. The number of sulfonamides is 1. The number of carbonyl (C=O) groups excluding carboxylic acids is 1. The predicted molar refractivity (Wildman–Crippen MR) is 70.7 cm³/mol. The molecule has 1 rings (SSSR count). The van der Waals surface area contributed by atoms with E-state index in [2.05, 4.69) is 15.4 Å². The first-order chi connectivity index (χ1) is 8.47. The van der Waals surface area contributed by atoms with Gasteiger partial charge in [-0.15, -0.1) is 0 Å². The van der Waals surface area contributed by atoms with Crippen LogP contribution in [0.4, 0.5) is 0 Å². The Morgan fingerprint density at radius 2 is 1.94 bits per heavy atom. The van der Waals surface area contributed by atoms with E-state index in [-0.39, 0.29) is 5.91 Å². The van der Waals surface area contributed by atoms with Crippen molar-refractivity contribution in [2.75, 3.05) is 32.4 Å². The van der Waals surface area contributed by atoms with Crippen molar-refractivity contribution in [3.8, 4) is 0 Å². The highest BCUT2D eigenvalue weighted by atomic mass is 32.2. The largest absolute Gasteiger partial charge is 0.356 e. The molecule has 0 unspecified atom stereocenters. The van der Waals surface area contributed by atoms with Gasteiger partial charge in [0.05, 0.1) is 6.26 Å². The Labute approximate surface area is 109 Å². The molecule has 0 atom stereocenters. The highest BCUT2D eigenvalue weighted by Crippen LogP contribution is 2.15. The number of nitrogens with one attached hydrogen (secondary N) is 3. The molecule has 0 spiro atoms. The van der Waals surface area contributed by atoms with Gasteiger partial charge in [0.2, 0.25) is 15.9 Å². The van der Waals surface area contributed by atoms with Crippen LogP contribution in [-0.4, -0.2) is 46.8 Å². The summed E-state index contributed by atoms with van der Waals surface area (Å²) in [6.45, 7) is 2.88. The van der Waals surface area contributed by atoms with Gasteiger partial charge >= 0.3 is 0 Å². The Morgan fingerprint density at radius 1 is 1.28 bits per heavy atom. The molecule has 1 amide bonds. The second-order valence-corrected chi connectivity index (χ2v) is 6.60.